The molecule has 17 heavy (non-hydrogen) atoms. The van der Waals surface area contributed by atoms with Gasteiger partial charge < -0.3 is 10.3 Å². The fraction of sp³-hybridized carbons (Fsp3) is 0.333. The van der Waals surface area contributed by atoms with E-state index in [9.17, 15) is 4.79 Å². The second-order valence-electron chi connectivity index (χ2n) is 4.33. The van der Waals surface area contributed by atoms with E-state index >= 15 is 0 Å². The van der Waals surface area contributed by atoms with Crippen LogP contribution in [0.3, 0.4) is 0 Å². The van der Waals surface area contributed by atoms with Crippen molar-refractivity contribution in [2.24, 2.45) is 0 Å². The van der Waals surface area contributed by atoms with Gasteiger partial charge in [0.15, 0.2) is 0 Å². The van der Waals surface area contributed by atoms with Gasteiger partial charge in [-0.1, -0.05) is 12.1 Å². The highest BCUT2D eigenvalue weighted by atomic mass is 16.2. The largest absolute Gasteiger partial charge is 0.335 e. The van der Waals surface area contributed by atoms with E-state index in [4.69, 9.17) is 0 Å². The van der Waals surface area contributed by atoms with Crippen molar-refractivity contribution in [2.75, 3.05) is 5.32 Å². The number of nitrogens with one attached hydrogen (secondary N) is 3. The molecule has 5 heteroatoms. The number of aromatic nitrogens is 2. The van der Waals surface area contributed by atoms with Gasteiger partial charge in [-0.05, 0) is 31.4 Å². The zero-order chi connectivity index (χ0) is 11.7. The Morgan fingerprint density at radius 2 is 2.18 bits per heavy atom. The lowest BCUT2D eigenvalue weighted by atomic mass is 9.93. The van der Waals surface area contributed by atoms with Crippen molar-refractivity contribution in [3.8, 4) is 0 Å². The Morgan fingerprint density at radius 1 is 1.35 bits per heavy atom. The molecule has 1 aromatic carbocycles. The van der Waals surface area contributed by atoms with E-state index < -0.39 is 0 Å². The number of nitrogens with zero attached hydrogens (tertiary/aromatic N) is 1. The molecule has 1 fully saturated rings. The summed E-state index contributed by atoms with van der Waals surface area (Å²) in [6, 6.07) is 7.83. The van der Waals surface area contributed by atoms with Crippen LogP contribution in [0.1, 0.15) is 19.3 Å². The van der Waals surface area contributed by atoms with Crippen molar-refractivity contribution in [1.29, 1.82) is 0 Å². The molecule has 0 aliphatic heterocycles. The lowest BCUT2D eigenvalue weighted by Gasteiger charge is -2.26. The van der Waals surface area contributed by atoms with E-state index in [2.05, 4.69) is 20.6 Å². The molecule has 1 heterocycles. The van der Waals surface area contributed by atoms with Crippen LogP contribution in [-0.2, 0) is 0 Å². The Labute approximate surface area is 98.6 Å². The Hall–Kier alpha value is -2.04. The van der Waals surface area contributed by atoms with Crippen LogP contribution >= 0.6 is 0 Å². The molecule has 1 aromatic heterocycles. The molecule has 0 bridgehead atoms. The minimum Gasteiger partial charge on any atom is -0.335 e. The van der Waals surface area contributed by atoms with Gasteiger partial charge in [0.25, 0.3) is 0 Å². The van der Waals surface area contributed by atoms with E-state index in [-0.39, 0.29) is 6.03 Å². The van der Waals surface area contributed by atoms with Gasteiger partial charge in [-0.2, -0.15) is 0 Å². The summed E-state index contributed by atoms with van der Waals surface area (Å²) in [6.45, 7) is 0. The number of rotatable bonds is 2. The SMILES string of the molecule is O=C(Nc1nc2ccccc2[nH]1)NC1CCC1. The first kappa shape index (κ1) is 10.1. The molecular formula is C12H14N4O. The third-order valence-corrected chi connectivity index (χ3v) is 3.06. The number of carbonyl (C=O) groups excluding carboxylic acids is 1. The fourth-order valence-corrected chi connectivity index (χ4v) is 1.89. The Bertz CT molecular complexity index is 511. The minimum absolute atomic E-state index is 0.186. The monoisotopic (exact) mass is 230 g/mol. The summed E-state index contributed by atoms with van der Waals surface area (Å²) in [5.41, 5.74) is 1.78. The molecule has 0 saturated heterocycles. The molecule has 2 amide bonds. The van der Waals surface area contributed by atoms with Crippen LogP contribution in [-0.4, -0.2) is 22.0 Å². The topological polar surface area (TPSA) is 69.8 Å². The van der Waals surface area contributed by atoms with Crippen molar-refractivity contribution in [3.05, 3.63) is 24.3 Å². The molecule has 0 spiro atoms. The number of amides is 2. The van der Waals surface area contributed by atoms with Gasteiger partial charge in [0, 0.05) is 6.04 Å². The smallest absolute Gasteiger partial charge is 0.321 e. The van der Waals surface area contributed by atoms with Crippen molar-refractivity contribution >= 4 is 23.0 Å². The number of hydrogen-bond donors (Lipinski definition) is 3. The number of urea groups is 1. The molecule has 3 rings (SSSR count). The first-order valence-electron chi connectivity index (χ1n) is 5.83. The first-order valence-corrected chi connectivity index (χ1v) is 5.83. The number of aromatic amines is 1. The predicted octanol–water partition coefficient (Wildman–Crippen LogP) is 2.24. The Morgan fingerprint density at radius 3 is 2.88 bits per heavy atom. The number of benzene rings is 1. The summed E-state index contributed by atoms with van der Waals surface area (Å²) < 4.78 is 0. The normalized spacial score (nSPS) is 15.5. The van der Waals surface area contributed by atoms with Gasteiger partial charge in [0.2, 0.25) is 5.95 Å². The van der Waals surface area contributed by atoms with Crippen LogP contribution in [0, 0.1) is 0 Å². The summed E-state index contributed by atoms with van der Waals surface area (Å²) in [4.78, 5) is 18.9. The van der Waals surface area contributed by atoms with Gasteiger partial charge in [-0.15, -0.1) is 0 Å². The summed E-state index contributed by atoms with van der Waals surface area (Å²) in [5, 5.41) is 5.61. The van der Waals surface area contributed by atoms with E-state index in [1.807, 2.05) is 24.3 Å². The molecule has 1 aliphatic carbocycles. The zero-order valence-corrected chi connectivity index (χ0v) is 9.36. The van der Waals surface area contributed by atoms with Crippen LogP contribution in [0.15, 0.2) is 24.3 Å². The molecular weight excluding hydrogens is 216 g/mol. The quantitative estimate of drug-likeness (QED) is 0.740. The third kappa shape index (κ3) is 2.08. The molecule has 1 aliphatic rings. The second-order valence-corrected chi connectivity index (χ2v) is 4.33. The number of H-pyrrole nitrogens is 1. The summed E-state index contributed by atoms with van der Waals surface area (Å²) >= 11 is 0. The molecule has 3 N–H and O–H groups in total. The summed E-state index contributed by atoms with van der Waals surface area (Å²) in [6.07, 6.45) is 3.36. The first-order chi connectivity index (χ1) is 8.31. The van der Waals surface area contributed by atoms with Gasteiger partial charge in [-0.3, -0.25) is 5.32 Å². The lowest BCUT2D eigenvalue weighted by Crippen LogP contribution is -2.42. The van der Waals surface area contributed by atoms with Crippen molar-refractivity contribution in [1.82, 2.24) is 15.3 Å². The van der Waals surface area contributed by atoms with Crippen LogP contribution < -0.4 is 10.6 Å². The number of fused-ring (bicyclic) bond motifs is 1. The number of imidazole rings is 1. The zero-order valence-electron chi connectivity index (χ0n) is 9.36. The van der Waals surface area contributed by atoms with Crippen LogP contribution in [0.5, 0.6) is 0 Å². The Balaban J connectivity index is 1.69. The highest BCUT2D eigenvalue weighted by molar-refractivity contribution is 5.89. The summed E-state index contributed by atoms with van der Waals surface area (Å²) in [5.74, 6) is 0.489. The van der Waals surface area contributed by atoms with Gasteiger partial charge in [-0.25, -0.2) is 9.78 Å². The van der Waals surface area contributed by atoms with Crippen LogP contribution in [0.2, 0.25) is 0 Å². The molecule has 0 atom stereocenters. The number of carbonyl (C=O) groups is 1. The van der Waals surface area contributed by atoms with E-state index in [0.717, 1.165) is 23.9 Å². The minimum atomic E-state index is -0.186. The van der Waals surface area contributed by atoms with Crippen LogP contribution in [0.25, 0.3) is 11.0 Å². The van der Waals surface area contributed by atoms with E-state index in [1.165, 1.54) is 6.42 Å². The molecule has 2 aromatic rings. The number of anilines is 1. The average Bonchev–Trinajstić information content (AvgIpc) is 2.65. The molecule has 1 saturated carbocycles. The Kier molecular flexibility index (Phi) is 2.44. The van der Waals surface area contributed by atoms with Gasteiger partial charge >= 0.3 is 6.03 Å². The lowest BCUT2D eigenvalue weighted by molar-refractivity contribution is 0.240. The van der Waals surface area contributed by atoms with Gasteiger partial charge in [0.1, 0.15) is 0 Å². The number of hydrogen-bond acceptors (Lipinski definition) is 2. The maximum atomic E-state index is 11.6. The third-order valence-electron chi connectivity index (χ3n) is 3.06. The second kappa shape index (κ2) is 4.08. The molecule has 5 nitrogen and oxygen atoms in total. The highest BCUT2D eigenvalue weighted by Crippen LogP contribution is 2.18. The van der Waals surface area contributed by atoms with E-state index in [1.54, 1.807) is 0 Å². The van der Waals surface area contributed by atoms with Crippen LogP contribution in [0.4, 0.5) is 10.7 Å². The molecule has 0 unspecified atom stereocenters. The van der Waals surface area contributed by atoms with Gasteiger partial charge in [0.05, 0.1) is 11.0 Å². The standard InChI is InChI=1S/C12H14N4O/c17-12(13-8-4-3-5-8)16-11-14-9-6-1-2-7-10(9)15-11/h1-2,6-8H,3-5H2,(H3,13,14,15,16,17). The van der Waals surface area contributed by atoms with Crippen molar-refractivity contribution in [3.63, 3.8) is 0 Å². The highest BCUT2D eigenvalue weighted by Gasteiger charge is 2.19. The fourth-order valence-electron chi connectivity index (χ4n) is 1.89. The maximum Gasteiger partial charge on any atom is 0.321 e. The molecule has 88 valence electrons. The van der Waals surface area contributed by atoms with Crippen molar-refractivity contribution < 1.29 is 4.79 Å². The predicted molar refractivity (Wildman–Crippen MR) is 65.9 cm³/mol. The van der Waals surface area contributed by atoms with E-state index in [0.29, 0.717) is 12.0 Å². The average molecular weight is 230 g/mol. The summed E-state index contributed by atoms with van der Waals surface area (Å²) in [7, 11) is 0. The van der Waals surface area contributed by atoms with Crippen molar-refractivity contribution in [2.45, 2.75) is 25.3 Å². The molecule has 0 radical (unpaired) electrons. The maximum absolute atomic E-state index is 11.6. The number of para-hydroxylation sites is 2.